The molecule has 0 amide bonds. The summed E-state index contributed by atoms with van der Waals surface area (Å²) in [4.78, 5) is 4.63. The van der Waals surface area contributed by atoms with Crippen LogP contribution in [0.15, 0.2) is 53.5 Å². The lowest BCUT2D eigenvalue weighted by molar-refractivity contribution is 0.0196. The number of aliphatic hydroxyl groups is 2. The molecule has 7 N–H and O–H groups in total. The minimum absolute atomic E-state index is 0.0316. The van der Waals surface area contributed by atoms with Crippen LogP contribution >= 0.6 is 0 Å². The number of unbranched alkanes of at least 4 members (excludes halogenated alkanes) is 2. The second kappa shape index (κ2) is 21.0. The first-order chi connectivity index (χ1) is 31.4. The van der Waals surface area contributed by atoms with Crippen LogP contribution in [0.25, 0.3) is 11.1 Å². The molecule has 1 fully saturated rings. The molecule has 5 heterocycles. The van der Waals surface area contributed by atoms with Gasteiger partial charge in [-0.1, -0.05) is 78.0 Å². The zero-order chi connectivity index (χ0) is 45.8. The van der Waals surface area contributed by atoms with Crippen molar-refractivity contribution in [2.45, 2.75) is 161 Å². The first-order valence-electron chi connectivity index (χ1n) is 25.3. The molecule has 3 aliphatic carbocycles. The van der Waals surface area contributed by atoms with E-state index in [0.717, 1.165) is 103 Å². The quantitative estimate of drug-likeness (QED) is 0.0956. The minimum atomic E-state index is -0.867. The lowest BCUT2D eigenvalue weighted by Crippen LogP contribution is -2.37. The molecule has 5 aliphatic heterocycles. The molecule has 11 rings (SSSR count). The average molecular weight is 892 g/mol. The Morgan fingerprint density at radius 1 is 0.877 bits per heavy atom. The van der Waals surface area contributed by atoms with Crippen molar-refractivity contribution in [2.24, 2.45) is 46.2 Å². The third-order valence-electron chi connectivity index (χ3n) is 15.6. The number of ether oxygens (including phenoxy) is 3. The molecule has 8 aliphatic rings. The summed E-state index contributed by atoms with van der Waals surface area (Å²) in [5.41, 5.74) is 13.4. The largest absolute Gasteiger partial charge is 0.508 e. The Kier molecular flexibility index (Phi) is 15.2. The number of methoxy groups -OCH3 is 1. The summed E-state index contributed by atoms with van der Waals surface area (Å²) in [5, 5.41) is 49.8. The number of hydrogen-bond acceptors (Lipinski definition) is 10. The van der Waals surface area contributed by atoms with Crippen molar-refractivity contribution in [2.75, 3.05) is 20.2 Å². The molecule has 0 saturated heterocycles. The number of aromatic hydroxyl groups is 2. The fourth-order valence-electron chi connectivity index (χ4n) is 12.2. The Morgan fingerprint density at radius 3 is 2.49 bits per heavy atom. The van der Waals surface area contributed by atoms with Gasteiger partial charge in [-0.3, -0.25) is 4.99 Å². The smallest absolute Gasteiger partial charge is 0.188 e. The fourth-order valence-corrected chi connectivity index (χ4v) is 12.2. The number of nitrogens with zero attached hydrogens (tertiary/aromatic N) is 1. The summed E-state index contributed by atoms with van der Waals surface area (Å²) >= 11 is 0. The lowest BCUT2D eigenvalue weighted by atomic mass is 9.62. The number of guanidine groups is 1. The van der Waals surface area contributed by atoms with Crippen molar-refractivity contribution in [3.63, 3.8) is 0 Å². The highest BCUT2D eigenvalue weighted by Crippen LogP contribution is 2.57. The summed E-state index contributed by atoms with van der Waals surface area (Å²) in [6, 6.07) is 11.5. The highest BCUT2D eigenvalue weighted by Gasteiger charge is 2.43. The summed E-state index contributed by atoms with van der Waals surface area (Å²) in [7, 11) is 1.72. The van der Waals surface area contributed by atoms with E-state index in [9.17, 15) is 20.4 Å². The molecule has 0 spiro atoms. The predicted molar refractivity (Wildman–Crippen MR) is 259 cm³/mol. The molecular weight excluding hydrogens is 815 g/mol. The highest BCUT2D eigenvalue weighted by molar-refractivity contribution is 5.84. The van der Waals surface area contributed by atoms with Gasteiger partial charge in [0.15, 0.2) is 17.5 Å². The van der Waals surface area contributed by atoms with E-state index in [1.807, 2.05) is 24.3 Å². The topological polar surface area (TPSA) is 159 Å². The normalized spacial score (nSPS) is 28.6. The van der Waals surface area contributed by atoms with Gasteiger partial charge in [0.05, 0.1) is 19.3 Å². The molecule has 0 aromatic heterocycles. The summed E-state index contributed by atoms with van der Waals surface area (Å²) in [6.07, 6.45) is 17.4. The van der Waals surface area contributed by atoms with E-state index in [1.54, 1.807) is 13.2 Å². The van der Waals surface area contributed by atoms with Crippen LogP contribution in [-0.4, -0.2) is 64.9 Å². The summed E-state index contributed by atoms with van der Waals surface area (Å²) in [6.45, 7) is 10.3. The summed E-state index contributed by atoms with van der Waals surface area (Å²) in [5.74, 6) is 4.59. The third kappa shape index (κ3) is 10.6. The van der Waals surface area contributed by atoms with E-state index in [2.05, 4.69) is 56.2 Å². The van der Waals surface area contributed by atoms with Crippen LogP contribution in [-0.2, 0) is 19.3 Å². The fraction of sp³-hybridized carbons (Fsp3) is 0.618. The van der Waals surface area contributed by atoms with Crippen LogP contribution in [0.3, 0.4) is 0 Å². The molecule has 3 aromatic rings. The molecule has 1 saturated carbocycles. The molecule has 10 nitrogen and oxygen atoms in total. The number of phenols is 2. The lowest BCUT2D eigenvalue weighted by Gasteiger charge is -2.43. The maximum absolute atomic E-state index is 12.3. The number of aliphatic imine (C=N–C) groups is 1. The van der Waals surface area contributed by atoms with Crippen LogP contribution in [0, 0.1) is 35.5 Å². The van der Waals surface area contributed by atoms with E-state index in [-0.39, 0.29) is 35.5 Å². The number of hydrogen-bond donors (Lipinski definition) is 6. The highest BCUT2D eigenvalue weighted by atomic mass is 16.5. The second-order valence-electron chi connectivity index (χ2n) is 20.7. The van der Waals surface area contributed by atoms with E-state index >= 15 is 0 Å². The SMILES string of the molecule is CCCCCC(C)C1CC2C=CC1CC(O)CCCN=C(N)NCCC1CCCCC1Oc1cc(ccc1O)C1Oc3cc(OC)c4c(c3CC1O)C2Cc1cc(O)c(CC(C)C)cc1-4. The van der Waals surface area contributed by atoms with Crippen LogP contribution in [0.2, 0.25) is 0 Å². The molecule has 10 unspecified atom stereocenters. The van der Waals surface area contributed by atoms with Gasteiger partial charge in [-0.05, 0) is 158 Å². The van der Waals surface area contributed by atoms with Gasteiger partial charge in [-0.2, -0.15) is 0 Å². The van der Waals surface area contributed by atoms with Gasteiger partial charge in [-0.25, -0.2) is 0 Å². The maximum atomic E-state index is 12.3. The second-order valence-corrected chi connectivity index (χ2v) is 20.7. The van der Waals surface area contributed by atoms with Crippen molar-refractivity contribution in [1.82, 2.24) is 5.32 Å². The Hall–Kier alpha value is -4.41. The van der Waals surface area contributed by atoms with Gasteiger partial charge in [0, 0.05) is 36.7 Å². The molecule has 10 atom stereocenters. The van der Waals surface area contributed by atoms with Gasteiger partial charge < -0.3 is 45.7 Å². The number of fused-ring (bicyclic) bond motifs is 2. The molecule has 354 valence electrons. The number of nitrogens with two attached hydrogens (primary N) is 1. The van der Waals surface area contributed by atoms with Crippen molar-refractivity contribution in [1.29, 1.82) is 0 Å². The van der Waals surface area contributed by atoms with Crippen LogP contribution in [0.4, 0.5) is 0 Å². The number of phenolic OH excluding ortho intramolecular Hbond substituents is 2. The Balaban J connectivity index is 1.23. The zero-order valence-corrected chi connectivity index (χ0v) is 39.7. The first kappa shape index (κ1) is 47.1. The van der Waals surface area contributed by atoms with Gasteiger partial charge in [-0.15, -0.1) is 0 Å². The molecule has 3 aromatic carbocycles. The van der Waals surface area contributed by atoms with Crippen molar-refractivity contribution in [3.8, 4) is 39.9 Å². The summed E-state index contributed by atoms with van der Waals surface area (Å²) < 4.78 is 20.0. The van der Waals surface area contributed by atoms with Crippen molar-refractivity contribution in [3.05, 3.63) is 76.4 Å². The predicted octanol–water partition coefficient (Wildman–Crippen LogP) is 10.5. The number of aliphatic hydroxyl groups excluding tert-OH is 2. The first-order valence-corrected chi connectivity index (χ1v) is 25.3. The van der Waals surface area contributed by atoms with Crippen LogP contribution in [0.1, 0.15) is 151 Å². The average Bonchev–Trinajstić information content (AvgIpc) is 3.28. The molecular formula is C55H77N3O7. The Labute approximate surface area is 388 Å². The van der Waals surface area contributed by atoms with E-state index < -0.39 is 18.3 Å². The van der Waals surface area contributed by atoms with Gasteiger partial charge in [0.25, 0.3) is 0 Å². The van der Waals surface area contributed by atoms with Gasteiger partial charge >= 0.3 is 0 Å². The number of nitrogens with one attached hydrogen (secondary N) is 1. The van der Waals surface area contributed by atoms with Crippen molar-refractivity contribution < 1.29 is 34.6 Å². The molecule has 10 heteroatoms. The van der Waals surface area contributed by atoms with Crippen LogP contribution in [0.5, 0.6) is 28.7 Å². The number of rotatable bonds is 8. The van der Waals surface area contributed by atoms with Crippen LogP contribution < -0.4 is 25.3 Å². The van der Waals surface area contributed by atoms with Gasteiger partial charge in [0.1, 0.15) is 29.5 Å². The van der Waals surface area contributed by atoms with Gasteiger partial charge in [0.2, 0.25) is 0 Å². The van der Waals surface area contributed by atoms with Crippen molar-refractivity contribution >= 4 is 5.96 Å². The standard InChI is InChI=1S/C55H77N3O7/c1-6-7-8-12-33(4)41-25-36-17-16-35(41)24-40(59)14-11-21-57-55(56)58-22-20-34-13-9-10-15-48(34)64-50-29-37(18-19-45(50)60)54-47(62)30-44-49(65-54)31-51(63-5)53-43-27-39(23-32(2)3)46(61)28-38(43)26-42(36)52(44)53/h16-19,27-29,31-36,40-42,47-48,54,59-62H,6-15,20-26,30H2,1-5H3,(H3,56,57,58). The van der Waals surface area contributed by atoms with E-state index in [4.69, 9.17) is 19.9 Å². The monoisotopic (exact) mass is 892 g/mol. The zero-order valence-electron chi connectivity index (χ0n) is 39.7. The third-order valence-corrected chi connectivity index (χ3v) is 15.6. The Morgan fingerprint density at radius 2 is 1.69 bits per heavy atom. The minimum Gasteiger partial charge on any atom is -0.508 e. The van der Waals surface area contributed by atoms with E-state index in [1.165, 1.54) is 24.8 Å². The number of allylic oxidation sites excluding steroid dienone is 2. The Bertz CT molecular complexity index is 2170. The van der Waals surface area contributed by atoms with E-state index in [0.29, 0.717) is 73.3 Å². The molecule has 8 bridgehead atoms. The molecule has 65 heavy (non-hydrogen) atoms. The number of benzene rings is 3. The molecule has 0 radical (unpaired) electrons. The maximum Gasteiger partial charge on any atom is 0.188 e.